The molecule has 0 saturated heterocycles. The molecule has 1 amide bonds. The zero-order valence-electron chi connectivity index (χ0n) is 12.1. The van der Waals surface area contributed by atoms with E-state index in [9.17, 15) is 9.59 Å². The normalized spacial score (nSPS) is 10.2. The van der Waals surface area contributed by atoms with Crippen LogP contribution in [0.25, 0.3) is 0 Å². The number of amides is 1. The number of ketones is 1. The molecule has 1 aromatic carbocycles. The molecule has 0 spiro atoms. The zero-order chi connectivity index (χ0) is 15.0. The summed E-state index contributed by atoms with van der Waals surface area (Å²) in [5.74, 6) is -0.233. The Kier molecular flexibility index (Phi) is 6.73. The van der Waals surface area contributed by atoms with Crippen LogP contribution in [0.3, 0.4) is 0 Å². The minimum absolute atomic E-state index is 0.173. The standard InChI is InChI=1S/C15H22N2O3/c1-17(2)13-9-7-12(8-10-13)11-14(18)5-3-4-6-15(19)16-20/h7-10,20H,3-6,11H2,1-2H3,(H,16,19). The largest absolute Gasteiger partial charge is 0.378 e. The van der Waals surface area contributed by atoms with E-state index in [2.05, 4.69) is 0 Å². The van der Waals surface area contributed by atoms with Gasteiger partial charge in [0.05, 0.1) is 0 Å². The van der Waals surface area contributed by atoms with Gasteiger partial charge in [-0.3, -0.25) is 14.8 Å². The minimum Gasteiger partial charge on any atom is -0.378 e. The minimum atomic E-state index is -0.406. The van der Waals surface area contributed by atoms with Crippen molar-refractivity contribution >= 4 is 17.4 Å². The fourth-order valence-corrected chi connectivity index (χ4v) is 1.89. The zero-order valence-corrected chi connectivity index (χ0v) is 12.1. The van der Waals surface area contributed by atoms with Crippen LogP contribution < -0.4 is 10.4 Å². The van der Waals surface area contributed by atoms with Gasteiger partial charge in [-0.15, -0.1) is 0 Å². The number of hydrogen-bond donors (Lipinski definition) is 2. The molecule has 5 nitrogen and oxygen atoms in total. The van der Waals surface area contributed by atoms with Crippen molar-refractivity contribution < 1.29 is 14.8 Å². The van der Waals surface area contributed by atoms with E-state index >= 15 is 0 Å². The molecule has 0 heterocycles. The molecule has 110 valence electrons. The number of benzene rings is 1. The van der Waals surface area contributed by atoms with Gasteiger partial charge in [0.15, 0.2) is 0 Å². The van der Waals surface area contributed by atoms with Crippen LogP contribution in [0.15, 0.2) is 24.3 Å². The third-order valence-corrected chi connectivity index (χ3v) is 3.09. The number of carbonyl (C=O) groups is 2. The molecule has 0 fully saturated rings. The molecule has 0 saturated carbocycles. The van der Waals surface area contributed by atoms with E-state index in [-0.39, 0.29) is 12.2 Å². The predicted octanol–water partition coefficient (Wildman–Crippen LogP) is 1.93. The number of carbonyl (C=O) groups excluding carboxylic acids is 2. The SMILES string of the molecule is CN(C)c1ccc(CC(=O)CCCCC(=O)NO)cc1. The average molecular weight is 278 g/mol. The molecule has 0 atom stereocenters. The number of hydroxylamine groups is 1. The van der Waals surface area contributed by atoms with Crippen LogP contribution in [0.4, 0.5) is 5.69 Å². The summed E-state index contributed by atoms with van der Waals surface area (Å²) in [4.78, 5) is 24.6. The van der Waals surface area contributed by atoms with Gasteiger partial charge in [-0.2, -0.15) is 0 Å². The van der Waals surface area contributed by atoms with Gasteiger partial charge in [-0.05, 0) is 30.5 Å². The molecule has 0 unspecified atom stereocenters. The monoisotopic (exact) mass is 278 g/mol. The number of anilines is 1. The highest BCUT2D eigenvalue weighted by Crippen LogP contribution is 2.13. The van der Waals surface area contributed by atoms with Gasteiger partial charge < -0.3 is 4.90 Å². The van der Waals surface area contributed by atoms with Crippen molar-refractivity contribution in [3.05, 3.63) is 29.8 Å². The molecule has 1 aromatic rings. The fraction of sp³-hybridized carbons (Fsp3) is 0.467. The Bertz CT molecular complexity index is 441. The van der Waals surface area contributed by atoms with Crippen molar-refractivity contribution in [3.63, 3.8) is 0 Å². The topological polar surface area (TPSA) is 69.6 Å². The Morgan fingerprint density at radius 3 is 2.25 bits per heavy atom. The Hall–Kier alpha value is -1.88. The van der Waals surface area contributed by atoms with E-state index in [1.54, 1.807) is 5.48 Å². The summed E-state index contributed by atoms with van der Waals surface area (Å²) in [5.41, 5.74) is 3.70. The van der Waals surface area contributed by atoms with Gasteiger partial charge in [0.2, 0.25) is 5.91 Å². The van der Waals surface area contributed by atoms with E-state index in [1.807, 2.05) is 43.3 Å². The van der Waals surface area contributed by atoms with Crippen molar-refractivity contribution in [2.24, 2.45) is 0 Å². The molecular formula is C15H22N2O3. The van der Waals surface area contributed by atoms with Gasteiger partial charge in [-0.1, -0.05) is 12.1 Å². The third kappa shape index (κ3) is 5.84. The van der Waals surface area contributed by atoms with Crippen molar-refractivity contribution in [1.29, 1.82) is 0 Å². The molecular weight excluding hydrogens is 256 g/mol. The van der Waals surface area contributed by atoms with E-state index in [0.29, 0.717) is 25.7 Å². The summed E-state index contributed by atoms with van der Waals surface area (Å²) < 4.78 is 0. The predicted molar refractivity (Wildman–Crippen MR) is 77.9 cm³/mol. The van der Waals surface area contributed by atoms with Crippen LogP contribution in [0.1, 0.15) is 31.2 Å². The molecule has 0 aromatic heterocycles. The maximum atomic E-state index is 11.8. The van der Waals surface area contributed by atoms with Crippen LogP contribution in [0, 0.1) is 0 Å². The fourth-order valence-electron chi connectivity index (χ4n) is 1.89. The Balaban J connectivity index is 2.30. The lowest BCUT2D eigenvalue weighted by atomic mass is 10.0. The summed E-state index contributed by atoms with van der Waals surface area (Å²) >= 11 is 0. The molecule has 2 N–H and O–H groups in total. The Labute approximate surface area is 119 Å². The van der Waals surface area contributed by atoms with Crippen LogP contribution in [-0.4, -0.2) is 31.0 Å². The lowest BCUT2D eigenvalue weighted by Crippen LogP contribution is -2.17. The van der Waals surface area contributed by atoms with Crippen molar-refractivity contribution in [2.75, 3.05) is 19.0 Å². The first kappa shape index (κ1) is 16.2. The number of rotatable bonds is 8. The second-order valence-electron chi connectivity index (χ2n) is 5.02. The van der Waals surface area contributed by atoms with Gasteiger partial charge in [0.1, 0.15) is 5.78 Å². The molecule has 0 aliphatic heterocycles. The molecule has 0 radical (unpaired) electrons. The second kappa shape index (κ2) is 8.32. The van der Waals surface area contributed by atoms with Crippen LogP contribution >= 0.6 is 0 Å². The molecule has 20 heavy (non-hydrogen) atoms. The highest BCUT2D eigenvalue weighted by Gasteiger charge is 2.05. The van der Waals surface area contributed by atoms with Gasteiger partial charge in [-0.25, -0.2) is 5.48 Å². The van der Waals surface area contributed by atoms with E-state index in [4.69, 9.17) is 5.21 Å². The maximum Gasteiger partial charge on any atom is 0.243 e. The highest BCUT2D eigenvalue weighted by atomic mass is 16.5. The van der Waals surface area contributed by atoms with E-state index < -0.39 is 5.91 Å². The van der Waals surface area contributed by atoms with E-state index in [0.717, 1.165) is 11.3 Å². The second-order valence-corrected chi connectivity index (χ2v) is 5.02. The van der Waals surface area contributed by atoms with Crippen LogP contribution in [0.2, 0.25) is 0 Å². The smallest absolute Gasteiger partial charge is 0.243 e. The summed E-state index contributed by atoms with van der Waals surface area (Å²) in [7, 11) is 3.95. The Morgan fingerprint density at radius 2 is 1.70 bits per heavy atom. The number of nitrogens with zero attached hydrogens (tertiary/aromatic N) is 1. The maximum absolute atomic E-state index is 11.8. The van der Waals surface area contributed by atoms with Gasteiger partial charge in [0.25, 0.3) is 0 Å². The van der Waals surface area contributed by atoms with Gasteiger partial charge >= 0.3 is 0 Å². The molecule has 0 aliphatic rings. The summed E-state index contributed by atoms with van der Waals surface area (Å²) in [6.45, 7) is 0. The van der Waals surface area contributed by atoms with Crippen molar-refractivity contribution in [1.82, 2.24) is 5.48 Å². The third-order valence-electron chi connectivity index (χ3n) is 3.09. The van der Waals surface area contributed by atoms with Crippen molar-refractivity contribution in [2.45, 2.75) is 32.1 Å². The number of unbranched alkanes of at least 4 members (excludes halogenated alkanes) is 1. The van der Waals surface area contributed by atoms with E-state index in [1.165, 1.54) is 0 Å². The Morgan fingerprint density at radius 1 is 1.10 bits per heavy atom. The number of hydrogen-bond acceptors (Lipinski definition) is 4. The lowest BCUT2D eigenvalue weighted by Gasteiger charge is -2.12. The molecule has 0 aliphatic carbocycles. The summed E-state index contributed by atoms with van der Waals surface area (Å²) in [5, 5.41) is 8.33. The first-order valence-electron chi connectivity index (χ1n) is 6.74. The average Bonchev–Trinajstić information content (AvgIpc) is 2.43. The highest BCUT2D eigenvalue weighted by molar-refractivity contribution is 5.81. The van der Waals surface area contributed by atoms with Crippen molar-refractivity contribution in [3.8, 4) is 0 Å². The number of nitrogens with one attached hydrogen (secondary N) is 1. The first-order valence-corrected chi connectivity index (χ1v) is 6.74. The van der Waals surface area contributed by atoms with Gasteiger partial charge in [0, 0.05) is 39.0 Å². The van der Waals surface area contributed by atoms with Crippen LogP contribution in [0.5, 0.6) is 0 Å². The summed E-state index contributed by atoms with van der Waals surface area (Å²) in [6, 6.07) is 7.92. The van der Waals surface area contributed by atoms with Crippen LogP contribution in [-0.2, 0) is 16.0 Å². The summed E-state index contributed by atoms with van der Waals surface area (Å²) in [6.07, 6.45) is 2.43. The molecule has 1 rings (SSSR count). The molecule has 5 heteroatoms. The quantitative estimate of drug-likeness (QED) is 0.433. The lowest BCUT2D eigenvalue weighted by molar-refractivity contribution is -0.129. The molecule has 0 bridgehead atoms. The number of Topliss-reactive ketones (excluding diaryl/α,β-unsaturated/α-hetero) is 1. The first-order chi connectivity index (χ1) is 9.52.